The Morgan fingerprint density at radius 3 is 2.89 bits per heavy atom. The number of rotatable bonds is 4. The van der Waals surface area contributed by atoms with E-state index in [9.17, 15) is 0 Å². The van der Waals surface area contributed by atoms with Gasteiger partial charge < -0.3 is 15.1 Å². The average Bonchev–Trinajstić information content (AvgIpc) is 2.40. The number of aryl methyl sites for hydroxylation is 2. The fourth-order valence-electron chi connectivity index (χ4n) is 2.78. The van der Waals surface area contributed by atoms with Gasteiger partial charge in [-0.1, -0.05) is 12.1 Å². The summed E-state index contributed by atoms with van der Waals surface area (Å²) in [5.41, 5.74) is 4.07. The molecule has 0 saturated carbocycles. The van der Waals surface area contributed by atoms with Crippen molar-refractivity contribution in [2.75, 3.05) is 45.2 Å². The molecule has 0 spiro atoms. The molecule has 1 heterocycles. The van der Waals surface area contributed by atoms with Gasteiger partial charge in [-0.05, 0) is 44.5 Å². The third kappa shape index (κ3) is 3.71. The van der Waals surface area contributed by atoms with Crippen LogP contribution in [0.1, 0.15) is 17.5 Å². The predicted molar refractivity (Wildman–Crippen MR) is 83.1 cm³/mol. The second kappa shape index (κ2) is 6.40. The monoisotopic (exact) mass is 261 g/mol. The Kier molecular flexibility index (Phi) is 4.83. The molecule has 2 rings (SSSR count). The summed E-state index contributed by atoms with van der Waals surface area (Å²) < 4.78 is 0. The molecule has 1 unspecified atom stereocenters. The first-order chi connectivity index (χ1) is 9.08. The maximum atomic E-state index is 3.49. The number of hydrogen-bond donors (Lipinski definition) is 1. The lowest BCUT2D eigenvalue weighted by Crippen LogP contribution is -2.50. The molecule has 19 heavy (non-hydrogen) atoms. The van der Waals surface area contributed by atoms with Gasteiger partial charge in [-0.15, -0.1) is 0 Å². The zero-order valence-corrected chi connectivity index (χ0v) is 12.7. The second-order valence-corrected chi connectivity index (χ2v) is 5.84. The zero-order valence-electron chi connectivity index (χ0n) is 12.7. The Morgan fingerprint density at radius 2 is 2.16 bits per heavy atom. The van der Waals surface area contributed by atoms with Crippen LogP contribution in [-0.4, -0.2) is 51.2 Å². The normalized spacial score (nSPS) is 20.5. The highest BCUT2D eigenvalue weighted by Gasteiger charge is 2.18. The number of nitrogens with one attached hydrogen (secondary N) is 1. The second-order valence-electron chi connectivity index (χ2n) is 5.84. The van der Waals surface area contributed by atoms with Crippen LogP contribution >= 0.6 is 0 Å². The molecule has 0 bridgehead atoms. The fourth-order valence-corrected chi connectivity index (χ4v) is 2.78. The molecule has 1 saturated heterocycles. The summed E-state index contributed by atoms with van der Waals surface area (Å²) in [5, 5.41) is 3.49. The van der Waals surface area contributed by atoms with Crippen LogP contribution in [0.25, 0.3) is 0 Å². The summed E-state index contributed by atoms with van der Waals surface area (Å²) in [4.78, 5) is 4.87. The van der Waals surface area contributed by atoms with E-state index in [-0.39, 0.29) is 0 Å². The Bertz CT molecular complexity index is 416. The summed E-state index contributed by atoms with van der Waals surface area (Å²) in [6.07, 6.45) is 1.22. The maximum absolute atomic E-state index is 3.49. The predicted octanol–water partition coefficient (Wildman–Crippen LogP) is 2.03. The van der Waals surface area contributed by atoms with Gasteiger partial charge in [0.25, 0.3) is 0 Å². The molecule has 0 amide bonds. The van der Waals surface area contributed by atoms with Crippen molar-refractivity contribution in [2.45, 2.75) is 26.3 Å². The first-order valence-electron chi connectivity index (χ1n) is 7.27. The van der Waals surface area contributed by atoms with Gasteiger partial charge in [0.1, 0.15) is 0 Å². The third-order valence-corrected chi connectivity index (χ3v) is 4.22. The highest BCUT2D eigenvalue weighted by Crippen LogP contribution is 2.21. The van der Waals surface area contributed by atoms with Crippen molar-refractivity contribution in [2.24, 2.45) is 0 Å². The van der Waals surface area contributed by atoms with Crippen LogP contribution in [0.5, 0.6) is 0 Å². The number of likely N-dealkylation sites (N-methyl/N-ethyl adjacent to an activating group) is 1. The van der Waals surface area contributed by atoms with Crippen molar-refractivity contribution in [1.29, 1.82) is 0 Å². The topological polar surface area (TPSA) is 18.5 Å². The number of benzene rings is 1. The van der Waals surface area contributed by atoms with Gasteiger partial charge >= 0.3 is 0 Å². The number of piperazine rings is 1. The first-order valence-corrected chi connectivity index (χ1v) is 7.27. The lowest BCUT2D eigenvalue weighted by Gasteiger charge is -2.34. The van der Waals surface area contributed by atoms with E-state index in [0.29, 0.717) is 6.04 Å². The van der Waals surface area contributed by atoms with E-state index in [2.05, 4.69) is 61.3 Å². The standard InChI is InChI=1S/C16H27N3/c1-13-5-6-14(2)16(11-13)19(4)9-7-15-12-17-8-10-18(15)3/h5-6,11,15,17H,7-10,12H2,1-4H3. The maximum Gasteiger partial charge on any atom is 0.0395 e. The van der Waals surface area contributed by atoms with Crippen LogP contribution in [-0.2, 0) is 0 Å². The van der Waals surface area contributed by atoms with Crippen LogP contribution in [0, 0.1) is 13.8 Å². The van der Waals surface area contributed by atoms with E-state index < -0.39 is 0 Å². The van der Waals surface area contributed by atoms with Crippen molar-refractivity contribution in [1.82, 2.24) is 10.2 Å². The number of anilines is 1. The molecule has 1 aliphatic rings. The molecule has 3 nitrogen and oxygen atoms in total. The van der Waals surface area contributed by atoms with E-state index in [1.807, 2.05) is 0 Å². The van der Waals surface area contributed by atoms with Gasteiger partial charge in [-0.3, -0.25) is 0 Å². The van der Waals surface area contributed by atoms with Crippen molar-refractivity contribution in [3.63, 3.8) is 0 Å². The van der Waals surface area contributed by atoms with Crippen molar-refractivity contribution >= 4 is 5.69 Å². The van der Waals surface area contributed by atoms with Crippen molar-refractivity contribution in [3.8, 4) is 0 Å². The quantitative estimate of drug-likeness (QED) is 0.895. The van der Waals surface area contributed by atoms with Crippen LogP contribution in [0.4, 0.5) is 5.69 Å². The Labute approximate surface area is 117 Å². The van der Waals surface area contributed by atoms with Gasteiger partial charge in [0.15, 0.2) is 0 Å². The summed E-state index contributed by atoms with van der Waals surface area (Å²) in [5.74, 6) is 0. The highest BCUT2D eigenvalue weighted by atomic mass is 15.2. The Hall–Kier alpha value is -1.06. The van der Waals surface area contributed by atoms with E-state index in [1.54, 1.807) is 0 Å². The number of hydrogen-bond acceptors (Lipinski definition) is 3. The first kappa shape index (κ1) is 14.4. The minimum Gasteiger partial charge on any atom is -0.374 e. The van der Waals surface area contributed by atoms with Gasteiger partial charge in [-0.25, -0.2) is 0 Å². The van der Waals surface area contributed by atoms with E-state index in [0.717, 1.165) is 26.2 Å². The average molecular weight is 261 g/mol. The van der Waals surface area contributed by atoms with Gasteiger partial charge in [0, 0.05) is 45.0 Å². The van der Waals surface area contributed by atoms with Crippen LogP contribution < -0.4 is 10.2 Å². The molecular weight excluding hydrogens is 234 g/mol. The smallest absolute Gasteiger partial charge is 0.0395 e. The molecule has 1 N–H and O–H groups in total. The number of nitrogens with zero attached hydrogens (tertiary/aromatic N) is 2. The van der Waals surface area contributed by atoms with Gasteiger partial charge in [-0.2, -0.15) is 0 Å². The molecule has 1 atom stereocenters. The largest absolute Gasteiger partial charge is 0.374 e. The fraction of sp³-hybridized carbons (Fsp3) is 0.625. The SMILES string of the molecule is Cc1ccc(C)c(N(C)CCC2CNCCN2C)c1. The van der Waals surface area contributed by atoms with Crippen LogP contribution in [0.3, 0.4) is 0 Å². The summed E-state index contributed by atoms with van der Waals surface area (Å²) in [7, 11) is 4.45. The van der Waals surface area contributed by atoms with E-state index in [1.165, 1.54) is 23.2 Å². The molecule has 0 radical (unpaired) electrons. The lowest BCUT2D eigenvalue weighted by atomic mass is 10.1. The molecule has 1 fully saturated rings. The molecule has 106 valence electrons. The summed E-state index contributed by atoms with van der Waals surface area (Å²) >= 11 is 0. The zero-order chi connectivity index (χ0) is 13.8. The molecule has 1 aromatic rings. The molecule has 0 aliphatic carbocycles. The lowest BCUT2D eigenvalue weighted by molar-refractivity contribution is 0.192. The van der Waals surface area contributed by atoms with Crippen molar-refractivity contribution in [3.05, 3.63) is 29.3 Å². The summed E-state index contributed by atoms with van der Waals surface area (Å²) in [6.45, 7) is 8.88. The summed E-state index contributed by atoms with van der Waals surface area (Å²) in [6, 6.07) is 7.36. The molecule has 1 aromatic carbocycles. The molecule has 3 heteroatoms. The third-order valence-electron chi connectivity index (χ3n) is 4.22. The Morgan fingerprint density at radius 1 is 1.37 bits per heavy atom. The minimum atomic E-state index is 0.668. The molecule has 0 aromatic heterocycles. The highest BCUT2D eigenvalue weighted by molar-refractivity contribution is 5.54. The van der Waals surface area contributed by atoms with E-state index in [4.69, 9.17) is 0 Å². The minimum absolute atomic E-state index is 0.668. The van der Waals surface area contributed by atoms with Crippen molar-refractivity contribution < 1.29 is 0 Å². The van der Waals surface area contributed by atoms with Crippen LogP contribution in [0.2, 0.25) is 0 Å². The van der Waals surface area contributed by atoms with Gasteiger partial charge in [0.2, 0.25) is 0 Å². The Balaban J connectivity index is 1.93. The van der Waals surface area contributed by atoms with Crippen LogP contribution in [0.15, 0.2) is 18.2 Å². The van der Waals surface area contributed by atoms with Gasteiger partial charge in [0.05, 0.1) is 0 Å². The molecule has 1 aliphatic heterocycles. The molecular formula is C16H27N3. The van der Waals surface area contributed by atoms with E-state index >= 15 is 0 Å².